The third-order valence-electron chi connectivity index (χ3n) is 4.51. The number of rotatable bonds is 4. The summed E-state index contributed by atoms with van der Waals surface area (Å²) in [6.07, 6.45) is 0.197. The van der Waals surface area contributed by atoms with Gasteiger partial charge in [0.15, 0.2) is 5.58 Å². The van der Waals surface area contributed by atoms with E-state index in [0.717, 1.165) is 38.9 Å². The molecule has 0 aliphatic rings. The first-order valence-electron chi connectivity index (χ1n) is 8.61. The zero-order valence-corrected chi connectivity index (χ0v) is 15.4. The molecule has 0 unspecified atom stereocenters. The van der Waals surface area contributed by atoms with E-state index in [1.54, 1.807) is 0 Å². The maximum absolute atomic E-state index is 12.6. The topological polar surface area (TPSA) is 55.1 Å². The van der Waals surface area contributed by atoms with Crippen molar-refractivity contribution in [3.8, 4) is 0 Å². The fraction of sp³-hybridized carbons (Fsp3) is 0.333. The fourth-order valence-corrected chi connectivity index (χ4v) is 3.32. The van der Waals surface area contributed by atoms with E-state index >= 15 is 0 Å². The Morgan fingerprint density at radius 3 is 2.64 bits per heavy atom. The molecule has 25 heavy (non-hydrogen) atoms. The number of carbonyl (C=O) groups excluding carboxylic acids is 1. The minimum Gasteiger partial charge on any atom is -0.356 e. The smallest absolute Gasteiger partial charge is 0.230 e. The summed E-state index contributed by atoms with van der Waals surface area (Å²) in [6, 6.07) is 10.1. The highest BCUT2D eigenvalue weighted by molar-refractivity contribution is 5.96. The number of hydrogen-bond acceptors (Lipinski definition) is 3. The van der Waals surface area contributed by atoms with Crippen molar-refractivity contribution in [2.45, 2.75) is 47.0 Å². The van der Waals surface area contributed by atoms with Crippen molar-refractivity contribution in [3.05, 3.63) is 58.3 Å². The van der Waals surface area contributed by atoms with Crippen molar-refractivity contribution in [1.82, 2.24) is 5.16 Å². The summed E-state index contributed by atoms with van der Waals surface area (Å²) in [5.41, 5.74) is 6.74. The second kappa shape index (κ2) is 6.71. The number of nitrogens with one attached hydrogen (secondary N) is 1. The van der Waals surface area contributed by atoms with Crippen molar-refractivity contribution in [2.75, 3.05) is 5.32 Å². The number of carbonyl (C=O) groups is 1. The van der Waals surface area contributed by atoms with Crippen LogP contribution in [-0.4, -0.2) is 11.1 Å². The predicted molar refractivity (Wildman–Crippen MR) is 101 cm³/mol. The molecule has 0 saturated heterocycles. The van der Waals surface area contributed by atoms with Gasteiger partial charge in [0.1, 0.15) is 5.69 Å². The molecule has 0 fully saturated rings. The van der Waals surface area contributed by atoms with Gasteiger partial charge in [-0.25, -0.2) is 0 Å². The molecule has 3 rings (SSSR count). The normalized spacial score (nSPS) is 11.3. The number of para-hydroxylation sites is 1. The standard InChI is InChI=1S/C21H24N2O2/c1-12(2)16-8-6-7-14(4)21(16)22-19(24)11-17-20-15(5)9-13(3)10-18(20)25-23-17/h6-10,12H,11H2,1-5H3,(H,22,24). The molecule has 1 heterocycles. The van der Waals surface area contributed by atoms with Gasteiger partial charge in [-0.1, -0.05) is 43.3 Å². The fourth-order valence-electron chi connectivity index (χ4n) is 3.32. The SMILES string of the molecule is Cc1cc(C)c2c(CC(=O)Nc3c(C)cccc3C(C)C)noc2c1. The van der Waals surface area contributed by atoms with Crippen LogP contribution in [0.4, 0.5) is 5.69 Å². The average molecular weight is 336 g/mol. The van der Waals surface area contributed by atoms with Crippen molar-refractivity contribution < 1.29 is 9.32 Å². The van der Waals surface area contributed by atoms with Crippen molar-refractivity contribution in [3.63, 3.8) is 0 Å². The van der Waals surface area contributed by atoms with Crippen LogP contribution in [-0.2, 0) is 11.2 Å². The highest BCUT2D eigenvalue weighted by atomic mass is 16.5. The minimum absolute atomic E-state index is 0.0774. The Kier molecular flexibility index (Phi) is 4.62. The number of amides is 1. The van der Waals surface area contributed by atoms with Crippen LogP contribution in [0.25, 0.3) is 11.0 Å². The van der Waals surface area contributed by atoms with E-state index in [2.05, 4.69) is 36.5 Å². The first-order valence-corrected chi connectivity index (χ1v) is 8.61. The van der Waals surface area contributed by atoms with Gasteiger partial charge in [-0.3, -0.25) is 4.79 Å². The van der Waals surface area contributed by atoms with Crippen LogP contribution in [0.5, 0.6) is 0 Å². The molecule has 1 aromatic heterocycles. The van der Waals surface area contributed by atoms with E-state index < -0.39 is 0 Å². The van der Waals surface area contributed by atoms with Crippen LogP contribution in [0, 0.1) is 20.8 Å². The van der Waals surface area contributed by atoms with Gasteiger partial charge in [-0.05, 0) is 55.0 Å². The molecule has 0 aliphatic heterocycles. The Morgan fingerprint density at radius 2 is 1.92 bits per heavy atom. The molecule has 0 saturated carbocycles. The monoisotopic (exact) mass is 336 g/mol. The quantitative estimate of drug-likeness (QED) is 0.724. The number of nitrogens with zero attached hydrogens (tertiary/aromatic N) is 1. The lowest BCUT2D eigenvalue weighted by molar-refractivity contribution is -0.115. The van der Waals surface area contributed by atoms with Gasteiger partial charge in [0.25, 0.3) is 0 Å². The van der Waals surface area contributed by atoms with Gasteiger partial charge < -0.3 is 9.84 Å². The number of aromatic nitrogens is 1. The van der Waals surface area contributed by atoms with Crippen LogP contribution in [0.1, 0.15) is 47.7 Å². The van der Waals surface area contributed by atoms with Gasteiger partial charge in [0.2, 0.25) is 5.91 Å². The third-order valence-corrected chi connectivity index (χ3v) is 4.51. The Balaban J connectivity index is 1.88. The van der Waals surface area contributed by atoms with Gasteiger partial charge in [-0.2, -0.15) is 0 Å². The van der Waals surface area contributed by atoms with Gasteiger partial charge in [0.05, 0.1) is 6.42 Å². The van der Waals surface area contributed by atoms with Crippen molar-refractivity contribution >= 4 is 22.6 Å². The Morgan fingerprint density at radius 1 is 1.16 bits per heavy atom. The molecular formula is C21H24N2O2. The second-order valence-corrected chi connectivity index (χ2v) is 7.00. The molecule has 3 aromatic rings. The summed E-state index contributed by atoms with van der Waals surface area (Å²) in [5.74, 6) is 0.264. The number of anilines is 1. The molecular weight excluding hydrogens is 312 g/mol. The Hall–Kier alpha value is -2.62. The van der Waals surface area contributed by atoms with E-state index in [1.807, 2.05) is 39.0 Å². The molecule has 1 amide bonds. The number of benzene rings is 2. The summed E-state index contributed by atoms with van der Waals surface area (Å²) in [6.45, 7) is 10.3. The van der Waals surface area contributed by atoms with Crippen molar-refractivity contribution in [1.29, 1.82) is 0 Å². The third kappa shape index (κ3) is 3.43. The number of fused-ring (bicyclic) bond motifs is 1. The Labute approximate surface area is 148 Å². The van der Waals surface area contributed by atoms with Crippen LogP contribution < -0.4 is 5.32 Å². The lowest BCUT2D eigenvalue weighted by Gasteiger charge is -2.16. The molecule has 4 nitrogen and oxygen atoms in total. The van der Waals surface area contributed by atoms with Gasteiger partial charge in [-0.15, -0.1) is 0 Å². The zero-order valence-electron chi connectivity index (χ0n) is 15.4. The molecule has 0 atom stereocenters. The van der Waals surface area contributed by atoms with Crippen LogP contribution in [0.3, 0.4) is 0 Å². The summed E-state index contributed by atoms with van der Waals surface area (Å²) < 4.78 is 5.42. The number of hydrogen-bond donors (Lipinski definition) is 1. The minimum atomic E-state index is -0.0774. The summed E-state index contributed by atoms with van der Waals surface area (Å²) in [7, 11) is 0. The zero-order chi connectivity index (χ0) is 18.1. The van der Waals surface area contributed by atoms with E-state index in [0.29, 0.717) is 11.6 Å². The van der Waals surface area contributed by atoms with E-state index in [9.17, 15) is 4.79 Å². The van der Waals surface area contributed by atoms with Crippen LogP contribution >= 0.6 is 0 Å². The van der Waals surface area contributed by atoms with E-state index in [1.165, 1.54) is 0 Å². The first kappa shape index (κ1) is 17.2. The highest BCUT2D eigenvalue weighted by Crippen LogP contribution is 2.28. The largest absolute Gasteiger partial charge is 0.356 e. The molecule has 130 valence electrons. The van der Waals surface area contributed by atoms with Gasteiger partial charge in [0, 0.05) is 11.1 Å². The molecule has 4 heteroatoms. The van der Waals surface area contributed by atoms with E-state index in [4.69, 9.17) is 4.52 Å². The first-order chi connectivity index (χ1) is 11.9. The van der Waals surface area contributed by atoms with Gasteiger partial charge >= 0.3 is 0 Å². The maximum atomic E-state index is 12.6. The average Bonchev–Trinajstić information content (AvgIpc) is 2.91. The summed E-state index contributed by atoms with van der Waals surface area (Å²) in [5, 5.41) is 8.14. The van der Waals surface area contributed by atoms with Crippen molar-refractivity contribution in [2.24, 2.45) is 0 Å². The molecule has 0 spiro atoms. The van der Waals surface area contributed by atoms with Crippen LogP contribution in [0.15, 0.2) is 34.9 Å². The van der Waals surface area contributed by atoms with E-state index in [-0.39, 0.29) is 12.3 Å². The molecule has 0 bridgehead atoms. The highest BCUT2D eigenvalue weighted by Gasteiger charge is 2.17. The predicted octanol–water partition coefficient (Wildman–Crippen LogP) is 5.06. The summed E-state index contributed by atoms with van der Waals surface area (Å²) >= 11 is 0. The molecule has 0 radical (unpaired) electrons. The number of aryl methyl sites for hydroxylation is 3. The lowest BCUT2D eigenvalue weighted by Crippen LogP contribution is -2.17. The summed E-state index contributed by atoms with van der Waals surface area (Å²) in [4.78, 5) is 12.6. The molecule has 2 aromatic carbocycles. The van der Waals surface area contributed by atoms with Crippen LogP contribution in [0.2, 0.25) is 0 Å². The Bertz CT molecular complexity index is 938. The molecule has 0 aliphatic carbocycles. The lowest BCUT2D eigenvalue weighted by atomic mass is 9.98. The maximum Gasteiger partial charge on any atom is 0.230 e. The second-order valence-electron chi connectivity index (χ2n) is 7.00. The molecule has 1 N–H and O–H groups in total.